The Morgan fingerprint density at radius 1 is 1.48 bits per heavy atom. The molecule has 1 aromatic rings. The summed E-state index contributed by atoms with van der Waals surface area (Å²) in [6.07, 6.45) is -0.375. The van der Waals surface area contributed by atoms with Gasteiger partial charge in [-0.1, -0.05) is 30.3 Å². The standard InChI is InChI=1S/C15H22N2O4/c16-9-14(18)13(8-11-4-2-1-3-5-11)17-15(19)21-12-6-7-20-10-12/h1-5,12-14,18H,6-10,16H2,(H,17,19)/t12-,13-,14-/m0/s1. The third-order valence-electron chi connectivity index (χ3n) is 3.47. The second-order valence-electron chi connectivity index (χ2n) is 5.13. The fraction of sp³-hybridized carbons (Fsp3) is 0.533. The van der Waals surface area contributed by atoms with Crippen molar-refractivity contribution in [3.63, 3.8) is 0 Å². The van der Waals surface area contributed by atoms with Gasteiger partial charge in [0.2, 0.25) is 0 Å². The van der Waals surface area contributed by atoms with Crippen molar-refractivity contribution >= 4 is 6.09 Å². The fourth-order valence-electron chi connectivity index (χ4n) is 2.26. The molecule has 21 heavy (non-hydrogen) atoms. The molecule has 0 aromatic heterocycles. The minimum Gasteiger partial charge on any atom is -0.444 e. The van der Waals surface area contributed by atoms with E-state index in [1.165, 1.54) is 0 Å². The van der Waals surface area contributed by atoms with Gasteiger partial charge in [0.25, 0.3) is 0 Å². The zero-order valence-electron chi connectivity index (χ0n) is 11.9. The van der Waals surface area contributed by atoms with Gasteiger partial charge in [-0.05, 0) is 12.0 Å². The number of benzene rings is 1. The zero-order chi connectivity index (χ0) is 15.1. The maximum Gasteiger partial charge on any atom is 0.407 e. The molecule has 0 aliphatic carbocycles. The molecule has 1 heterocycles. The smallest absolute Gasteiger partial charge is 0.407 e. The number of aliphatic hydroxyl groups excluding tert-OH is 1. The highest BCUT2D eigenvalue weighted by Gasteiger charge is 2.24. The number of ether oxygens (including phenoxy) is 2. The Hall–Kier alpha value is -1.63. The summed E-state index contributed by atoms with van der Waals surface area (Å²) in [6.45, 7) is 1.11. The van der Waals surface area contributed by atoms with Gasteiger partial charge in [0.05, 0.1) is 25.4 Å². The highest BCUT2D eigenvalue weighted by molar-refractivity contribution is 5.68. The molecule has 1 aliphatic heterocycles. The van der Waals surface area contributed by atoms with Gasteiger partial charge in [0, 0.05) is 13.0 Å². The van der Waals surface area contributed by atoms with Gasteiger partial charge >= 0.3 is 6.09 Å². The Morgan fingerprint density at radius 3 is 2.86 bits per heavy atom. The van der Waals surface area contributed by atoms with E-state index < -0.39 is 18.2 Å². The monoisotopic (exact) mass is 294 g/mol. The number of aliphatic hydroxyl groups is 1. The van der Waals surface area contributed by atoms with Crippen LogP contribution in [0.5, 0.6) is 0 Å². The number of hydrogen-bond acceptors (Lipinski definition) is 5. The van der Waals surface area contributed by atoms with E-state index >= 15 is 0 Å². The van der Waals surface area contributed by atoms with Crippen LogP contribution in [-0.2, 0) is 15.9 Å². The molecule has 4 N–H and O–H groups in total. The van der Waals surface area contributed by atoms with Crippen LogP contribution in [0.3, 0.4) is 0 Å². The Labute approximate surface area is 124 Å². The molecule has 6 heteroatoms. The summed E-state index contributed by atoms with van der Waals surface area (Å²) < 4.78 is 10.4. The maximum atomic E-state index is 11.9. The average molecular weight is 294 g/mol. The summed E-state index contributed by atoms with van der Waals surface area (Å²) in [5.41, 5.74) is 6.52. The van der Waals surface area contributed by atoms with E-state index in [9.17, 15) is 9.90 Å². The van der Waals surface area contributed by atoms with Crippen LogP contribution in [0.4, 0.5) is 4.79 Å². The highest BCUT2D eigenvalue weighted by Crippen LogP contribution is 2.10. The topological polar surface area (TPSA) is 93.8 Å². The summed E-state index contributed by atoms with van der Waals surface area (Å²) in [6, 6.07) is 9.14. The van der Waals surface area contributed by atoms with Crippen molar-refractivity contribution in [2.24, 2.45) is 5.73 Å². The first-order chi connectivity index (χ1) is 10.2. The average Bonchev–Trinajstić information content (AvgIpc) is 2.99. The van der Waals surface area contributed by atoms with Crippen LogP contribution in [0.2, 0.25) is 0 Å². The largest absolute Gasteiger partial charge is 0.444 e. The summed E-state index contributed by atoms with van der Waals surface area (Å²) in [4.78, 5) is 11.9. The molecular formula is C15H22N2O4. The van der Waals surface area contributed by atoms with Crippen LogP contribution >= 0.6 is 0 Å². The predicted octanol–water partition coefficient (Wildman–Crippen LogP) is 0.432. The van der Waals surface area contributed by atoms with Crippen LogP contribution < -0.4 is 11.1 Å². The second kappa shape index (κ2) is 7.97. The Balaban J connectivity index is 1.90. The van der Waals surface area contributed by atoms with Gasteiger partial charge < -0.3 is 25.6 Å². The number of nitrogens with one attached hydrogen (secondary N) is 1. The summed E-state index contributed by atoms with van der Waals surface area (Å²) in [5.74, 6) is 0. The van der Waals surface area contributed by atoms with Gasteiger partial charge in [0.1, 0.15) is 6.10 Å². The molecule has 3 atom stereocenters. The second-order valence-corrected chi connectivity index (χ2v) is 5.13. The molecule has 1 fully saturated rings. The maximum absolute atomic E-state index is 11.9. The molecule has 1 saturated heterocycles. The van der Waals surface area contributed by atoms with Gasteiger partial charge in [-0.3, -0.25) is 0 Å². The zero-order valence-corrected chi connectivity index (χ0v) is 11.9. The van der Waals surface area contributed by atoms with Gasteiger partial charge in [0.15, 0.2) is 0 Å². The van der Waals surface area contributed by atoms with Crippen molar-refractivity contribution < 1.29 is 19.4 Å². The first-order valence-electron chi connectivity index (χ1n) is 7.16. The highest BCUT2D eigenvalue weighted by atomic mass is 16.6. The first-order valence-corrected chi connectivity index (χ1v) is 7.16. The lowest BCUT2D eigenvalue weighted by Crippen LogP contribution is -2.48. The fourth-order valence-corrected chi connectivity index (χ4v) is 2.26. The lowest BCUT2D eigenvalue weighted by Gasteiger charge is -2.23. The number of amides is 1. The van der Waals surface area contributed by atoms with E-state index in [2.05, 4.69) is 5.32 Å². The van der Waals surface area contributed by atoms with Crippen LogP contribution in [0.25, 0.3) is 0 Å². The number of alkyl carbamates (subject to hydrolysis) is 1. The quantitative estimate of drug-likeness (QED) is 0.707. The number of rotatable bonds is 6. The van der Waals surface area contributed by atoms with E-state index in [4.69, 9.17) is 15.2 Å². The number of carbonyl (C=O) groups is 1. The van der Waals surface area contributed by atoms with Gasteiger partial charge in [-0.25, -0.2) is 4.79 Å². The Morgan fingerprint density at radius 2 is 2.24 bits per heavy atom. The predicted molar refractivity (Wildman–Crippen MR) is 77.8 cm³/mol. The summed E-state index contributed by atoms with van der Waals surface area (Å²) >= 11 is 0. The molecule has 6 nitrogen and oxygen atoms in total. The lowest BCUT2D eigenvalue weighted by molar-refractivity contribution is 0.0704. The van der Waals surface area contributed by atoms with Gasteiger partial charge in [-0.2, -0.15) is 0 Å². The molecule has 1 amide bonds. The molecular weight excluding hydrogens is 272 g/mol. The van der Waals surface area contributed by atoms with Crippen LogP contribution in [-0.4, -0.2) is 49.2 Å². The summed E-state index contributed by atoms with van der Waals surface area (Å²) in [5, 5.41) is 12.7. The molecule has 1 aliphatic rings. The van der Waals surface area contributed by atoms with Crippen molar-refractivity contribution in [2.45, 2.75) is 31.1 Å². The van der Waals surface area contributed by atoms with Crippen molar-refractivity contribution in [1.29, 1.82) is 0 Å². The Kier molecular flexibility index (Phi) is 5.98. The van der Waals surface area contributed by atoms with Crippen molar-refractivity contribution in [1.82, 2.24) is 5.32 Å². The number of hydrogen-bond donors (Lipinski definition) is 3. The summed E-state index contributed by atoms with van der Waals surface area (Å²) in [7, 11) is 0. The van der Waals surface area contributed by atoms with E-state index in [-0.39, 0.29) is 12.6 Å². The number of carbonyl (C=O) groups excluding carboxylic acids is 1. The lowest BCUT2D eigenvalue weighted by atomic mass is 10.0. The minimum absolute atomic E-state index is 0.0737. The third kappa shape index (κ3) is 5.00. The van der Waals surface area contributed by atoms with Crippen LogP contribution in [0.15, 0.2) is 30.3 Å². The molecule has 2 rings (SSSR count). The van der Waals surface area contributed by atoms with E-state index in [1.54, 1.807) is 0 Å². The van der Waals surface area contributed by atoms with E-state index in [1.807, 2.05) is 30.3 Å². The molecule has 0 radical (unpaired) electrons. The van der Waals surface area contributed by atoms with Crippen molar-refractivity contribution in [3.8, 4) is 0 Å². The molecule has 0 spiro atoms. The minimum atomic E-state index is -0.822. The van der Waals surface area contributed by atoms with E-state index in [0.717, 1.165) is 5.56 Å². The molecule has 0 bridgehead atoms. The number of nitrogens with two attached hydrogens (primary N) is 1. The molecule has 1 aromatic carbocycles. The van der Waals surface area contributed by atoms with Crippen molar-refractivity contribution in [2.75, 3.05) is 19.8 Å². The Bertz CT molecular complexity index is 435. The molecule has 0 saturated carbocycles. The van der Waals surface area contributed by atoms with Crippen LogP contribution in [0, 0.1) is 0 Å². The molecule has 116 valence electrons. The van der Waals surface area contributed by atoms with Gasteiger partial charge in [-0.15, -0.1) is 0 Å². The first kappa shape index (κ1) is 15.8. The normalized spacial score (nSPS) is 20.8. The van der Waals surface area contributed by atoms with Crippen molar-refractivity contribution in [3.05, 3.63) is 35.9 Å². The molecule has 0 unspecified atom stereocenters. The van der Waals surface area contributed by atoms with Crippen LogP contribution in [0.1, 0.15) is 12.0 Å². The SMILES string of the molecule is NC[C@H](O)[C@H](Cc1ccccc1)NC(=O)O[C@H]1CCOC1. The third-order valence-corrected chi connectivity index (χ3v) is 3.47. The van der Waals surface area contributed by atoms with E-state index in [0.29, 0.717) is 26.1 Å².